The molecule has 0 fully saturated rings. The van der Waals surface area contributed by atoms with Crippen molar-refractivity contribution in [1.82, 2.24) is 20.8 Å². The summed E-state index contributed by atoms with van der Waals surface area (Å²) in [4.78, 5) is 8.92. The molecule has 29 heavy (non-hydrogen) atoms. The van der Waals surface area contributed by atoms with E-state index in [0.717, 1.165) is 35.9 Å². The molecule has 0 spiro atoms. The number of furan rings is 1. The lowest BCUT2D eigenvalue weighted by molar-refractivity contribution is 0.0657. The number of nitrogens with one attached hydrogen (secondary N) is 2. The molecular formula is C20H34IN5O3. The van der Waals surface area contributed by atoms with E-state index in [2.05, 4.69) is 25.8 Å². The topological polar surface area (TPSA) is 109 Å². The number of halogens is 1. The molecule has 3 N–H and O–H groups in total. The summed E-state index contributed by atoms with van der Waals surface area (Å²) < 4.78 is 10.8. The molecular weight excluding hydrogens is 485 g/mol. The summed E-state index contributed by atoms with van der Waals surface area (Å²) in [6.45, 7) is 13.2. The standard InChI is InChI=1S/C20H33N5O3.HI/c1-7-21-19(22-10-8-9-17-24-18(13(2)3)25-28-17)23-12-20(6,26)16-11-14(4)27-15(16)5;/h11,13,26H,7-10,12H2,1-6H3,(H2,21,22,23);1H. The molecule has 2 aromatic rings. The Hall–Kier alpha value is -1.62. The average Bonchev–Trinajstić information content (AvgIpc) is 3.23. The van der Waals surface area contributed by atoms with Crippen LogP contribution in [0.5, 0.6) is 0 Å². The van der Waals surface area contributed by atoms with Crippen molar-refractivity contribution in [3.8, 4) is 0 Å². The van der Waals surface area contributed by atoms with Gasteiger partial charge in [-0.3, -0.25) is 0 Å². The van der Waals surface area contributed by atoms with Gasteiger partial charge in [0.25, 0.3) is 0 Å². The molecule has 0 amide bonds. The maximum atomic E-state index is 10.8. The Labute approximate surface area is 190 Å². The van der Waals surface area contributed by atoms with Crippen molar-refractivity contribution in [3.63, 3.8) is 0 Å². The zero-order chi connectivity index (χ0) is 20.7. The molecule has 0 radical (unpaired) electrons. The van der Waals surface area contributed by atoms with E-state index in [-0.39, 0.29) is 36.4 Å². The summed E-state index contributed by atoms with van der Waals surface area (Å²) in [6, 6.07) is 1.86. The summed E-state index contributed by atoms with van der Waals surface area (Å²) in [7, 11) is 0. The number of hydrogen-bond donors (Lipinski definition) is 3. The van der Waals surface area contributed by atoms with Crippen molar-refractivity contribution in [1.29, 1.82) is 0 Å². The van der Waals surface area contributed by atoms with E-state index in [1.54, 1.807) is 6.92 Å². The number of aryl methyl sites for hydroxylation is 3. The van der Waals surface area contributed by atoms with Gasteiger partial charge in [0, 0.05) is 31.0 Å². The number of rotatable bonds is 9. The second kappa shape index (κ2) is 11.5. The predicted octanol–water partition coefficient (Wildman–Crippen LogP) is 3.42. The van der Waals surface area contributed by atoms with Crippen molar-refractivity contribution in [3.05, 3.63) is 34.9 Å². The van der Waals surface area contributed by atoms with Gasteiger partial charge in [0.2, 0.25) is 5.89 Å². The van der Waals surface area contributed by atoms with Crippen LogP contribution in [0, 0.1) is 13.8 Å². The molecule has 9 heteroatoms. The van der Waals surface area contributed by atoms with Crippen molar-refractivity contribution in [2.45, 2.75) is 65.9 Å². The minimum Gasteiger partial charge on any atom is -0.466 e. The van der Waals surface area contributed by atoms with Gasteiger partial charge in [-0.25, -0.2) is 4.99 Å². The minimum atomic E-state index is -1.10. The lowest BCUT2D eigenvalue weighted by Gasteiger charge is -2.21. The van der Waals surface area contributed by atoms with Gasteiger partial charge < -0.3 is 24.7 Å². The van der Waals surface area contributed by atoms with Gasteiger partial charge >= 0.3 is 0 Å². The molecule has 8 nitrogen and oxygen atoms in total. The zero-order valence-corrected chi connectivity index (χ0v) is 20.5. The summed E-state index contributed by atoms with van der Waals surface area (Å²) in [5.74, 6) is 3.82. The van der Waals surface area contributed by atoms with Gasteiger partial charge in [0.15, 0.2) is 11.8 Å². The Morgan fingerprint density at radius 1 is 1.31 bits per heavy atom. The van der Waals surface area contributed by atoms with E-state index < -0.39 is 5.60 Å². The number of aliphatic imine (C=N–C) groups is 1. The molecule has 1 atom stereocenters. The first kappa shape index (κ1) is 25.4. The number of aliphatic hydroxyl groups is 1. The van der Waals surface area contributed by atoms with E-state index in [4.69, 9.17) is 8.94 Å². The number of hydrogen-bond acceptors (Lipinski definition) is 6. The average molecular weight is 519 g/mol. The van der Waals surface area contributed by atoms with Gasteiger partial charge in [-0.2, -0.15) is 4.98 Å². The number of nitrogens with zero attached hydrogens (tertiary/aromatic N) is 3. The molecule has 0 aliphatic heterocycles. The summed E-state index contributed by atoms with van der Waals surface area (Å²) in [5, 5.41) is 21.3. The fourth-order valence-corrected chi connectivity index (χ4v) is 2.88. The molecule has 2 aromatic heterocycles. The van der Waals surface area contributed by atoms with Crippen LogP contribution in [0.3, 0.4) is 0 Å². The molecule has 0 saturated heterocycles. The monoisotopic (exact) mass is 519 g/mol. The molecule has 164 valence electrons. The lowest BCUT2D eigenvalue weighted by atomic mass is 9.96. The van der Waals surface area contributed by atoms with Gasteiger partial charge in [-0.15, -0.1) is 24.0 Å². The van der Waals surface area contributed by atoms with Gasteiger partial charge in [0.05, 0.1) is 6.54 Å². The van der Waals surface area contributed by atoms with Crippen molar-refractivity contribution >= 4 is 29.9 Å². The van der Waals surface area contributed by atoms with Crippen LogP contribution in [0.25, 0.3) is 0 Å². The van der Waals surface area contributed by atoms with Crippen LogP contribution in [0.4, 0.5) is 0 Å². The Kier molecular flexibility index (Phi) is 10.1. The lowest BCUT2D eigenvalue weighted by Crippen LogP contribution is -2.39. The fourth-order valence-electron chi connectivity index (χ4n) is 2.88. The second-order valence-corrected chi connectivity index (χ2v) is 7.53. The minimum absolute atomic E-state index is 0. The van der Waals surface area contributed by atoms with Gasteiger partial charge in [-0.1, -0.05) is 19.0 Å². The highest BCUT2D eigenvalue weighted by Crippen LogP contribution is 2.27. The van der Waals surface area contributed by atoms with Crippen LogP contribution in [-0.4, -0.2) is 40.8 Å². The Morgan fingerprint density at radius 2 is 2.03 bits per heavy atom. The zero-order valence-electron chi connectivity index (χ0n) is 18.2. The van der Waals surface area contributed by atoms with E-state index in [1.165, 1.54) is 0 Å². The van der Waals surface area contributed by atoms with E-state index in [1.807, 2.05) is 40.7 Å². The fraction of sp³-hybridized carbons (Fsp3) is 0.650. The molecule has 2 heterocycles. The normalized spacial score (nSPS) is 13.9. The van der Waals surface area contributed by atoms with E-state index >= 15 is 0 Å². The Bertz CT molecular complexity index is 783. The largest absolute Gasteiger partial charge is 0.466 e. The highest BCUT2D eigenvalue weighted by atomic mass is 127. The first-order chi connectivity index (χ1) is 13.2. The number of aromatic nitrogens is 2. The van der Waals surface area contributed by atoms with Crippen LogP contribution in [0.15, 0.2) is 20.0 Å². The third-order valence-corrected chi connectivity index (χ3v) is 4.37. The molecule has 0 aliphatic rings. The van der Waals surface area contributed by atoms with Crippen LogP contribution in [-0.2, 0) is 12.0 Å². The van der Waals surface area contributed by atoms with E-state index in [0.29, 0.717) is 24.8 Å². The van der Waals surface area contributed by atoms with Crippen molar-refractivity contribution in [2.24, 2.45) is 4.99 Å². The second-order valence-electron chi connectivity index (χ2n) is 7.53. The van der Waals surface area contributed by atoms with E-state index in [9.17, 15) is 5.11 Å². The Morgan fingerprint density at radius 3 is 2.59 bits per heavy atom. The molecule has 0 aliphatic carbocycles. The molecule has 2 rings (SSSR count). The third kappa shape index (κ3) is 7.61. The smallest absolute Gasteiger partial charge is 0.226 e. The first-order valence-corrected chi connectivity index (χ1v) is 9.87. The molecule has 0 saturated carbocycles. The van der Waals surface area contributed by atoms with Crippen LogP contribution < -0.4 is 10.6 Å². The summed E-state index contributed by atoms with van der Waals surface area (Å²) in [6.07, 6.45) is 1.54. The molecule has 1 unspecified atom stereocenters. The first-order valence-electron chi connectivity index (χ1n) is 9.87. The maximum Gasteiger partial charge on any atom is 0.226 e. The maximum absolute atomic E-state index is 10.8. The quantitative estimate of drug-likeness (QED) is 0.202. The number of guanidine groups is 1. The van der Waals surface area contributed by atoms with Crippen LogP contribution in [0.2, 0.25) is 0 Å². The molecule has 0 aromatic carbocycles. The van der Waals surface area contributed by atoms with Crippen LogP contribution >= 0.6 is 24.0 Å². The summed E-state index contributed by atoms with van der Waals surface area (Å²) >= 11 is 0. The Balaban J connectivity index is 0.00000420. The van der Waals surface area contributed by atoms with Crippen molar-refractivity contribution in [2.75, 3.05) is 19.6 Å². The van der Waals surface area contributed by atoms with Crippen LogP contribution in [0.1, 0.15) is 68.8 Å². The third-order valence-electron chi connectivity index (χ3n) is 4.37. The summed E-state index contributed by atoms with van der Waals surface area (Å²) in [5.41, 5.74) is -0.330. The highest BCUT2D eigenvalue weighted by Gasteiger charge is 2.27. The van der Waals surface area contributed by atoms with Gasteiger partial charge in [-0.05, 0) is 40.2 Å². The predicted molar refractivity (Wildman–Crippen MR) is 124 cm³/mol. The highest BCUT2D eigenvalue weighted by molar-refractivity contribution is 14.0. The van der Waals surface area contributed by atoms with Gasteiger partial charge in [0.1, 0.15) is 17.1 Å². The SMILES string of the molecule is CCNC(=NCC(C)(O)c1cc(C)oc1C)NCCCc1nc(C(C)C)no1.I. The van der Waals surface area contributed by atoms with Crippen molar-refractivity contribution < 1.29 is 14.0 Å². The molecule has 0 bridgehead atoms.